The van der Waals surface area contributed by atoms with Crippen LogP contribution in [0.15, 0.2) is 24.4 Å². The van der Waals surface area contributed by atoms with Gasteiger partial charge in [0.05, 0.1) is 11.6 Å². The van der Waals surface area contributed by atoms with Crippen molar-refractivity contribution in [3.8, 4) is 11.3 Å². The lowest BCUT2D eigenvalue weighted by Gasteiger charge is -2.25. The maximum atomic E-state index is 12.9. The number of halogens is 1. The molecule has 0 radical (unpaired) electrons. The number of rotatable bonds is 7. The molecular weight excluding hydrogens is 420 g/mol. The number of alkyl halides is 1. The Morgan fingerprint density at radius 1 is 1.32 bits per heavy atom. The molecule has 1 aliphatic heterocycles. The Kier molecular flexibility index (Phi) is 6.40. The van der Waals surface area contributed by atoms with E-state index in [4.69, 9.17) is 22.1 Å². The molecule has 1 aromatic carbocycles. The smallest absolute Gasteiger partial charge is 0.306 e. The Morgan fingerprint density at radius 2 is 2.03 bits per heavy atom. The number of aryl methyl sites for hydroxylation is 1. The molecular formula is C22H27ClN4O4. The monoisotopic (exact) mass is 446 g/mol. The van der Waals surface area contributed by atoms with Gasteiger partial charge in [0, 0.05) is 37.3 Å². The van der Waals surface area contributed by atoms with E-state index in [0.717, 1.165) is 22.6 Å². The fourth-order valence-corrected chi connectivity index (χ4v) is 3.87. The minimum Gasteiger partial charge on any atom is -0.460 e. The zero-order chi connectivity index (χ0) is 22.9. The van der Waals surface area contributed by atoms with Crippen molar-refractivity contribution < 1.29 is 19.1 Å². The lowest BCUT2D eigenvalue weighted by Crippen LogP contribution is -2.45. The summed E-state index contributed by atoms with van der Waals surface area (Å²) in [5.41, 5.74) is 7.85. The third kappa shape index (κ3) is 5.07. The van der Waals surface area contributed by atoms with Crippen molar-refractivity contribution in [1.82, 2.24) is 14.5 Å². The second kappa shape index (κ2) is 8.70. The predicted octanol–water partition coefficient (Wildman–Crippen LogP) is 2.76. The first-order valence-corrected chi connectivity index (χ1v) is 10.6. The summed E-state index contributed by atoms with van der Waals surface area (Å²) in [7, 11) is 1.87. The van der Waals surface area contributed by atoms with Crippen LogP contribution in [0.3, 0.4) is 0 Å². The van der Waals surface area contributed by atoms with Gasteiger partial charge in [0.2, 0.25) is 5.91 Å². The average molecular weight is 447 g/mol. The molecule has 2 amide bonds. The molecule has 2 heterocycles. The van der Waals surface area contributed by atoms with E-state index >= 15 is 0 Å². The van der Waals surface area contributed by atoms with Crippen LogP contribution in [0, 0.1) is 0 Å². The van der Waals surface area contributed by atoms with Crippen LogP contribution in [0.2, 0.25) is 0 Å². The minimum atomic E-state index is -0.895. The number of imidazole rings is 1. The highest BCUT2D eigenvalue weighted by molar-refractivity contribution is 6.16. The van der Waals surface area contributed by atoms with Crippen molar-refractivity contribution in [2.24, 2.45) is 12.8 Å². The normalized spacial score (nSPS) is 14.5. The molecule has 0 spiro atoms. The molecule has 0 aliphatic carbocycles. The van der Waals surface area contributed by atoms with E-state index in [1.165, 1.54) is 4.90 Å². The van der Waals surface area contributed by atoms with Gasteiger partial charge in [-0.3, -0.25) is 14.4 Å². The second-order valence-electron chi connectivity index (χ2n) is 8.64. The second-order valence-corrected chi connectivity index (χ2v) is 8.90. The Labute approximate surface area is 186 Å². The summed E-state index contributed by atoms with van der Waals surface area (Å²) < 4.78 is 7.15. The van der Waals surface area contributed by atoms with Crippen LogP contribution < -0.4 is 5.73 Å². The van der Waals surface area contributed by atoms with Crippen LogP contribution in [0.25, 0.3) is 11.3 Å². The molecule has 31 heavy (non-hydrogen) atoms. The zero-order valence-corrected chi connectivity index (χ0v) is 18.9. The van der Waals surface area contributed by atoms with Crippen LogP contribution in [0.1, 0.15) is 55.4 Å². The van der Waals surface area contributed by atoms with Crippen molar-refractivity contribution in [1.29, 1.82) is 0 Å². The number of benzene rings is 1. The highest BCUT2D eigenvalue weighted by Gasteiger charge is 2.36. The van der Waals surface area contributed by atoms with Gasteiger partial charge in [0.1, 0.15) is 17.5 Å². The molecule has 0 fully saturated rings. The highest BCUT2D eigenvalue weighted by Crippen LogP contribution is 2.30. The molecule has 1 aromatic heterocycles. The molecule has 0 saturated carbocycles. The number of aromatic nitrogens is 2. The molecule has 8 nitrogen and oxygen atoms in total. The van der Waals surface area contributed by atoms with Crippen LogP contribution in [0.5, 0.6) is 0 Å². The van der Waals surface area contributed by atoms with Gasteiger partial charge < -0.3 is 19.9 Å². The SMILES string of the molecule is Cn1cc(-c2ccc3c(c2)CN(C(CCC(=O)OC(C)(C)C)C(N)=O)C3=O)nc1CCl. The van der Waals surface area contributed by atoms with Crippen molar-refractivity contribution in [3.05, 3.63) is 41.3 Å². The molecule has 166 valence electrons. The van der Waals surface area contributed by atoms with E-state index in [2.05, 4.69) is 4.98 Å². The van der Waals surface area contributed by atoms with E-state index in [1.54, 1.807) is 26.8 Å². The van der Waals surface area contributed by atoms with Gasteiger partial charge in [0.25, 0.3) is 5.91 Å². The van der Waals surface area contributed by atoms with E-state index in [0.29, 0.717) is 11.4 Å². The molecule has 1 atom stereocenters. The fraction of sp³-hybridized carbons (Fsp3) is 0.455. The highest BCUT2D eigenvalue weighted by atomic mass is 35.5. The molecule has 1 aliphatic rings. The van der Waals surface area contributed by atoms with Gasteiger partial charge in [0.15, 0.2) is 0 Å². The lowest BCUT2D eigenvalue weighted by atomic mass is 10.0. The number of fused-ring (bicyclic) bond motifs is 1. The largest absolute Gasteiger partial charge is 0.460 e. The van der Waals surface area contributed by atoms with Crippen molar-refractivity contribution in [2.75, 3.05) is 0 Å². The molecule has 1 unspecified atom stereocenters. The summed E-state index contributed by atoms with van der Waals surface area (Å²) in [4.78, 5) is 43.0. The first-order valence-electron chi connectivity index (χ1n) is 10.0. The number of carbonyl (C=O) groups is 3. The van der Waals surface area contributed by atoms with Gasteiger partial charge in [-0.25, -0.2) is 4.98 Å². The third-order valence-electron chi connectivity index (χ3n) is 5.07. The van der Waals surface area contributed by atoms with Crippen LogP contribution in [-0.2, 0) is 33.8 Å². The van der Waals surface area contributed by atoms with Crippen molar-refractivity contribution in [3.63, 3.8) is 0 Å². The first-order chi connectivity index (χ1) is 14.5. The lowest BCUT2D eigenvalue weighted by molar-refractivity contribution is -0.155. The summed E-state index contributed by atoms with van der Waals surface area (Å²) in [5, 5.41) is 0. The van der Waals surface area contributed by atoms with Crippen LogP contribution in [-0.4, -0.2) is 43.9 Å². The van der Waals surface area contributed by atoms with Gasteiger partial charge >= 0.3 is 5.97 Å². The van der Waals surface area contributed by atoms with Gasteiger partial charge in [-0.05, 0) is 44.9 Å². The standard InChI is InChI=1S/C22H27ClN4O4/c1-22(2,3)31-19(28)8-7-17(20(24)29)27-11-14-9-13(5-6-15(14)21(27)30)16-12-26(4)18(10-23)25-16/h5-6,9,12,17H,7-8,10-11H2,1-4H3,(H2,24,29). The summed E-state index contributed by atoms with van der Waals surface area (Å²) in [6.07, 6.45) is 1.97. The Hall–Kier alpha value is -2.87. The molecule has 9 heteroatoms. The first kappa shape index (κ1) is 22.8. The maximum Gasteiger partial charge on any atom is 0.306 e. The summed E-state index contributed by atoms with van der Waals surface area (Å²) in [5.74, 6) is -0.328. The Bertz CT molecular complexity index is 1030. The van der Waals surface area contributed by atoms with Gasteiger partial charge in [-0.1, -0.05) is 6.07 Å². The number of hydrogen-bond donors (Lipinski definition) is 1. The van der Waals surface area contributed by atoms with Gasteiger partial charge in [-0.2, -0.15) is 0 Å². The number of primary amides is 1. The number of ether oxygens (including phenoxy) is 1. The number of carbonyl (C=O) groups excluding carboxylic acids is 3. The summed E-state index contributed by atoms with van der Waals surface area (Å²) in [6, 6.07) is 4.54. The Balaban J connectivity index is 1.78. The van der Waals surface area contributed by atoms with E-state index in [1.807, 2.05) is 29.9 Å². The number of esters is 1. The molecule has 0 bridgehead atoms. The molecule has 2 aromatic rings. The number of nitrogens with two attached hydrogens (primary N) is 1. The third-order valence-corrected chi connectivity index (χ3v) is 5.31. The summed E-state index contributed by atoms with van der Waals surface area (Å²) in [6.45, 7) is 5.55. The van der Waals surface area contributed by atoms with Crippen LogP contribution >= 0.6 is 11.6 Å². The quantitative estimate of drug-likeness (QED) is 0.519. The maximum absolute atomic E-state index is 12.9. The molecule has 0 saturated heterocycles. The van der Waals surface area contributed by atoms with Gasteiger partial charge in [-0.15, -0.1) is 11.6 Å². The van der Waals surface area contributed by atoms with E-state index < -0.39 is 23.5 Å². The number of hydrogen-bond acceptors (Lipinski definition) is 5. The van der Waals surface area contributed by atoms with Crippen molar-refractivity contribution in [2.45, 2.75) is 57.7 Å². The molecule has 3 rings (SSSR count). The van der Waals surface area contributed by atoms with E-state index in [-0.39, 0.29) is 25.3 Å². The fourth-order valence-electron chi connectivity index (χ4n) is 3.62. The number of nitrogens with zero attached hydrogens (tertiary/aromatic N) is 3. The number of amides is 2. The Morgan fingerprint density at radius 3 is 2.61 bits per heavy atom. The topological polar surface area (TPSA) is 108 Å². The van der Waals surface area contributed by atoms with E-state index in [9.17, 15) is 14.4 Å². The zero-order valence-electron chi connectivity index (χ0n) is 18.1. The molecule has 2 N–H and O–H groups in total. The van der Waals surface area contributed by atoms with Crippen molar-refractivity contribution >= 4 is 29.4 Å². The minimum absolute atomic E-state index is 0.00854. The van der Waals surface area contributed by atoms with Crippen LogP contribution in [0.4, 0.5) is 0 Å². The average Bonchev–Trinajstić information content (AvgIpc) is 3.20. The predicted molar refractivity (Wildman–Crippen MR) is 116 cm³/mol. The summed E-state index contributed by atoms with van der Waals surface area (Å²) >= 11 is 5.91.